The van der Waals surface area contributed by atoms with Gasteiger partial charge in [-0.1, -0.05) is 67.6 Å². The highest BCUT2D eigenvalue weighted by Crippen LogP contribution is 2.41. The second-order valence-electron chi connectivity index (χ2n) is 9.39. The minimum absolute atomic E-state index is 0.0827. The lowest BCUT2D eigenvalue weighted by Crippen LogP contribution is -2.46. The number of hydrogen-bond acceptors (Lipinski definition) is 7. The number of carbonyl (C=O) groups is 3. The van der Waals surface area contributed by atoms with E-state index in [-0.39, 0.29) is 50.5 Å². The van der Waals surface area contributed by atoms with Gasteiger partial charge in [-0.15, -0.1) is 0 Å². The topological polar surface area (TPSA) is 120 Å². The van der Waals surface area contributed by atoms with E-state index >= 15 is 0 Å². The van der Waals surface area contributed by atoms with Crippen molar-refractivity contribution in [2.75, 3.05) is 26.5 Å². The molecule has 0 radical (unpaired) electrons. The monoisotopic (exact) mass is 560 g/mol. The molecule has 0 saturated heterocycles. The van der Waals surface area contributed by atoms with Crippen molar-refractivity contribution >= 4 is 25.4 Å². The first kappa shape index (κ1) is 32.2. The van der Waals surface area contributed by atoms with Crippen LogP contribution in [0.25, 0.3) is 0 Å². The zero-order valence-corrected chi connectivity index (χ0v) is 24.2. The predicted octanol–water partition coefficient (Wildman–Crippen LogP) is 4.30. The van der Waals surface area contributed by atoms with Crippen LogP contribution in [0.3, 0.4) is 0 Å². The molecule has 214 valence electrons. The number of ether oxygens (including phenoxy) is 3. The lowest BCUT2D eigenvalue weighted by atomic mass is 10.1. The molecule has 3 atom stereocenters. The number of benzene rings is 2. The third-order valence-electron chi connectivity index (χ3n) is 6.07. The van der Waals surface area contributed by atoms with Gasteiger partial charge in [0.1, 0.15) is 12.1 Å². The van der Waals surface area contributed by atoms with Gasteiger partial charge in [0.25, 0.3) is 0 Å². The number of esters is 3. The fourth-order valence-electron chi connectivity index (χ4n) is 4.19. The van der Waals surface area contributed by atoms with Crippen LogP contribution in [-0.2, 0) is 46.0 Å². The Bertz CT molecular complexity index is 1010. The van der Waals surface area contributed by atoms with Crippen molar-refractivity contribution in [3.05, 3.63) is 71.8 Å². The van der Waals surface area contributed by atoms with Crippen LogP contribution >= 0.6 is 7.44 Å². The van der Waals surface area contributed by atoms with Crippen LogP contribution < -0.4 is 10.2 Å². The molecule has 0 bridgehead atoms. The Kier molecular flexibility index (Phi) is 13.9. The maximum Gasteiger partial charge on any atom is 0.323 e. The Morgan fingerprint density at radius 3 is 1.62 bits per heavy atom. The molecule has 2 aromatic carbocycles. The van der Waals surface area contributed by atoms with Crippen LogP contribution in [0.1, 0.15) is 44.7 Å². The average Bonchev–Trinajstić information content (AvgIpc) is 2.92. The zero-order valence-electron chi connectivity index (χ0n) is 23.3. The maximum absolute atomic E-state index is 14.6. The van der Waals surface area contributed by atoms with Crippen molar-refractivity contribution in [3.8, 4) is 0 Å². The summed E-state index contributed by atoms with van der Waals surface area (Å²) in [6.07, 6.45) is 1.15. The Hall–Kier alpha value is -3.00. The fourth-order valence-corrected chi connectivity index (χ4v) is 6.94. The van der Waals surface area contributed by atoms with E-state index in [1.54, 1.807) is 13.8 Å². The molecule has 2 aromatic rings. The van der Waals surface area contributed by atoms with Gasteiger partial charge in [0, 0.05) is 12.6 Å². The lowest BCUT2D eigenvalue weighted by molar-refractivity contribution is -0.145. The molecule has 9 nitrogen and oxygen atoms in total. The van der Waals surface area contributed by atoms with E-state index in [1.165, 1.54) is 7.11 Å². The van der Waals surface area contributed by atoms with Gasteiger partial charge in [-0.25, -0.2) is 10.2 Å². The van der Waals surface area contributed by atoms with E-state index in [9.17, 15) is 18.9 Å². The highest BCUT2D eigenvalue weighted by molar-refractivity contribution is 7.60. The number of rotatable bonds is 17. The van der Waals surface area contributed by atoms with Gasteiger partial charge >= 0.3 is 17.9 Å². The number of hydrogen-bond donors (Lipinski definition) is 2. The van der Waals surface area contributed by atoms with Crippen LogP contribution in [0, 0.1) is 5.92 Å². The molecule has 0 spiro atoms. The highest BCUT2D eigenvalue weighted by atomic mass is 31.2. The summed E-state index contributed by atoms with van der Waals surface area (Å²) in [5.41, 5.74) is 1.72. The average molecular weight is 561 g/mol. The summed E-state index contributed by atoms with van der Waals surface area (Å²) >= 11 is 0. The standard InChI is InChI=1S/C29H41N2O7P/c1-5-37-28(33)25(19-23-13-9-7-10-14-23)30-39(35,21-22(3)17-18-27(32)36-4)31-26(29(34)38-6-2)20-24-15-11-8-12-16-24/h7-16,22,25-26H,5-6,17-21H2,1-4H3,(H2,30,31,35)/t22?,25-,26-/m0/s1. The first-order chi connectivity index (χ1) is 18.7. The molecule has 0 amide bonds. The molecule has 1 unspecified atom stereocenters. The van der Waals surface area contributed by atoms with Gasteiger partial charge < -0.3 is 14.2 Å². The van der Waals surface area contributed by atoms with Crippen molar-refractivity contribution in [2.45, 2.75) is 58.5 Å². The molecule has 39 heavy (non-hydrogen) atoms. The molecular weight excluding hydrogens is 519 g/mol. The summed E-state index contributed by atoms with van der Waals surface area (Å²) in [7, 11) is -2.32. The second-order valence-corrected chi connectivity index (χ2v) is 11.8. The van der Waals surface area contributed by atoms with Gasteiger partial charge in [-0.05, 0) is 50.2 Å². The lowest BCUT2D eigenvalue weighted by Gasteiger charge is -2.30. The van der Waals surface area contributed by atoms with Crippen LogP contribution in [0.4, 0.5) is 0 Å². The minimum atomic E-state index is -3.64. The Labute approximate surface area is 231 Å². The van der Waals surface area contributed by atoms with Crippen molar-refractivity contribution in [3.63, 3.8) is 0 Å². The minimum Gasteiger partial charge on any atom is -0.469 e. The van der Waals surface area contributed by atoms with Gasteiger partial charge in [-0.2, -0.15) is 0 Å². The van der Waals surface area contributed by atoms with Crippen LogP contribution in [0.5, 0.6) is 0 Å². The van der Waals surface area contributed by atoms with E-state index in [0.717, 1.165) is 11.1 Å². The van der Waals surface area contributed by atoms with Crippen LogP contribution in [0.15, 0.2) is 60.7 Å². The van der Waals surface area contributed by atoms with Gasteiger partial charge in [0.05, 0.1) is 20.3 Å². The summed E-state index contributed by atoms with van der Waals surface area (Å²) < 4.78 is 30.0. The maximum atomic E-state index is 14.6. The summed E-state index contributed by atoms with van der Waals surface area (Å²) in [5, 5.41) is 6.11. The largest absolute Gasteiger partial charge is 0.469 e. The molecule has 0 aliphatic carbocycles. The van der Waals surface area contributed by atoms with E-state index < -0.39 is 31.5 Å². The normalized spacial score (nSPS) is 13.6. The first-order valence-electron chi connectivity index (χ1n) is 13.3. The predicted molar refractivity (Wildman–Crippen MR) is 150 cm³/mol. The van der Waals surface area contributed by atoms with Crippen molar-refractivity contribution < 1.29 is 33.2 Å². The van der Waals surface area contributed by atoms with Crippen molar-refractivity contribution in [1.29, 1.82) is 0 Å². The molecule has 0 fully saturated rings. The summed E-state index contributed by atoms with van der Waals surface area (Å²) in [4.78, 5) is 37.7. The van der Waals surface area contributed by atoms with E-state index in [4.69, 9.17) is 14.2 Å². The first-order valence-corrected chi connectivity index (χ1v) is 15.2. The van der Waals surface area contributed by atoms with E-state index in [1.807, 2.05) is 67.6 Å². The zero-order chi connectivity index (χ0) is 28.7. The third kappa shape index (κ3) is 11.7. The summed E-state index contributed by atoms with van der Waals surface area (Å²) in [6, 6.07) is 16.8. The second kappa shape index (κ2) is 16.9. The number of carbonyl (C=O) groups excluding carboxylic acids is 3. The highest BCUT2D eigenvalue weighted by Gasteiger charge is 2.36. The molecule has 0 saturated carbocycles. The van der Waals surface area contributed by atoms with Crippen molar-refractivity contribution in [1.82, 2.24) is 10.2 Å². The Balaban J connectivity index is 2.39. The van der Waals surface area contributed by atoms with Crippen molar-refractivity contribution in [2.24, 2.45) is 5.92 Å². The fraction of sp³-hybridized carbons (Fsp3) is 0.483. The molecule has 0 heterocycles. The van der Waals surface area contributed by atoms with Gasteiger partial charge in [0.2, 0.25) is 7.44 Å². The van der Waals surface area contributed by atoms with Crippen LogP contribution in [-0.4, -0.2) is 56.5 Å². The molecule has 2 rings (SSSR count). The smallest absolute Gasteiger partial charge is 0.323 e. The number of methoxy groups -OCH3 is 1. The van der Waals surface area contributed by atoms with Gasteiger partial charge in [0.15, 0.2) is 0 Å². The van der Waals surface area contributed by atoms with E-state index in [2.05, 4.69) is 10.2 Å². The molecule has 0 aromatic heterocycles. The Morgan fingerprint density at radius 1 is 0.795 bits per heavy atom. The molecule has 10 heteroatoms. The summed E-state index contributed by atoms with van der Waals surface area (Å²) in [5.74, 6) is -1.64. The van der Waals surface area contributed by atoms with Gasteiger partial charge in [-0.3, -0.25) is 18.9 Å². The molecule has 2 N–H and O–H groups in total. The SMILES string of the molecule is CCOC(=O)[C@H](Cc1ccccc1)NP(=O)(CC(C)CCC(=O)OC)N[C@@H](Cc1ccccc1)C(=O)OCC. The number of nitrogens with one attached hydrogen (secondary N) is 2. The quantitative estimate of drug-likeness (QED) is 0.166. The van der Waals surface area contributed by atoms with E-state index in [0.29, 0.717) is 6.42 Å². The Morgan fingerprint density at radius 2 is 1.23 bits per heavy atom. The third-order valence-corrected chi connectivity index (χ3v) is 8.67. The summed E-state index contributed by atoms with van der Waals surface area (Å²) in [6.45, 7) is 5.62. The van der Waals surface area contributed by atoms with Crippen LogP contribution in [0.2, 0.25) is 0 Å². The molecular formula is C29H41N2O7P. The molecule has 0 aliphatic heterocycles. The molecule has 0 aliphatic rings.